The van der Waals surface area contributed by atoms with Crippen LogP contribution in [0.4, 0.5) is 5.82 Å². The fourth-order valence-corrected chi connectivity index (χ4v) is 2.51. The van der Waals surface area contributed by atoms with E-state index in [2.05, 4.69) is 26.2 Å². The van der Waals surface area contributed by atoms with Crippen molar-refractivity contribution in [1.82, 2.24) is 4.98 Å². The van der Waals surface area contributed by atoms with Gasteiger partial charge in [-0.25, -0.2) is 4.98 Å². The number of carboxylic acids is 1. The van der Waals surface area contributed by atoms with Crippen molar-refractivity contribution in [3.63, 3.8) is 0 Å². The number of thioether (sulfide) groups is 1. The van der Waals surface area contributed by atoms with E-state index in [4.69, 9.17) is 5.11 Å². The number of carboxylic acid groups (broad SMARTS) is 1. The van der Waals surface area contributed by atoms with Crippen LogP contribution in [0, 0.1) is 5.92 Å². The number of amides is 1. The molecule has 0 fully saturated rings. The van der Waals surface area contributed by atoms with Gasteiger partial charge in [-0.05, 0) is 34.0 Å². The van der Waals surface area contributed by atoms with E-state index in [0.29, 0.717) is 5.82 Å². The second-order valence-corrected chi connectivity index (χ2v) is 6.27. The Balaban J connectivity index is 2.47. The number of rotatable bonds is 6. The fourth-order valence-electron chi connectivity index (χ4n) is 1.34. The number of anilines is 1. The van der Waals surface area contributed by atoms with E-state index in [1.54, 1.807) is 18.3 Å². The van der Waals surface area contributed by atoms with Gasteiger partial charge in [0.2, 0.25) is 5.91 Å². The van der Waals surface area contributed by atoms with Gasteiger partial charge in [-0.2, -0.15) is 0 Å². The van der Waals surface area contributed by atoms with Crippen LogP contribution in [0.5, 0.6) is 0 Å². The molecule has 0 aliphatic rings. The monoisotopic (exact) mass is 346 g/mol. The molecular formula is C12H15BrN2O3S. The summed E-state index contributed by atoms with van der Waals surface area (Å²) in [5, 5.41) is 11.0. The maximum absolute atomic E-state index is 11.7. The summed E-state index contributed by atoms with van der Waals surface area (Å²) in [5.41, 5.74) is 0. The molecule has 0 aliphatic carbocycles. The van der Waals surface area contributed by atoms with Gasteiger partial charge < -0.3 is 10.4 Å². The molecule has 1 heterocycles. The highest BCUT2D eigenvalue weighted by atomic mass is 79.9. The van der Waals surface area contributed by atoms with Crippen molar-refractivity contribution in [3.05, 3.63) is 22.8 Å². The van der Waals surface area contributed by atoms with Crippen molar-refractivity contribution >= 4 is 45.4 Å². The molecule has 0 saturated heterocycles. The SMILES string of the molecule is CC(C)C(SCC(=O)Nc1ccc(Br)cn1)C(=O)O. The third-order valence-corrected chi connectivity index (χ3v) is 4.24. The normalized spacial score (nSPS) is 12.2. The molecule has 104 valence electrons. The number of pyridine rings is 1. The lowest BCUT2D eigenvalue weighted by molar-refractivity contribution is -0.137. The second-order valence-electron chi connectivity index (χ2n) is 4.22. The number of halogens is 1. The predicted octanol–water partition coefficient (Wildman–Crippen LogP) is 2.62. The third kappa shape index (κ3) is 5.61. The number of aromatic nitrogens is 1. The van der Waals surface area contributed by atoms with Crippen LogP contribution in [0.2, 0.25) is 0 Å². The summed E-state index contributed by atoms with van der Waals surface area (Å²) in [5.74, 6) is -0.639. The molecule has 0 aliphatic heterocycles. The average Bonchev–Trinajstić information content (AvgIpc) is 2.31. The highest BCUT2D eigenvalue weighted by Crippen LogP contribution is 2.20. The Hall–Kier alpha value is -1.08. The predicted molar refractivity (Wildman–Crippen MR) is 79.3 cm³/mol. The number of nitrogens with zero attached hydrogens (tertiary/aromatic N) is 1. The summed E-state index contributed by atoms with van der Waals surface area (Å²) in [6.07, 6.45) is 1.58. The van der Waals surface area contributed by atoms with Gasteiger partial charge in [-0.15, -0.1) is 11.8 Å². The number of aliphatic carboxylic acids is 1. The third-order valence-electron chi connectivity index (χ3n) is 2.24. The topological polar surface area (TPSA) is 79.3 Å². The highest BCUT2D eigenvalue weighted by molar-refractivity contribution is 9.10. The summed E-state index contributed by atoms with van der Waals surface area (Å²) in [7, 11) is 0. The Morgan fingerprint density at radius 2 is 2.16 bits per heavy atom. The van der Waals surface area contributed by atoms with E-state index in [1.165, 1.54) is 0 Å². The number of carbonyl (C=O) groups excluding carboxylic acids is 1. The van der Waals surface area contributed by atoms with E-state index in [9.17, 15) is 9.59 Å². The van der Waals surface area contributed by atoms with Gasteiger partial charge in [0.15, 0.2) is 0 Å². The van der Waals surface area contributed by atoms with E-state index in [-0.39, 0.29) is 17.6 Å². The molecule has 5 nitrogen and oxygen atoms in total. The van der Waals surface area contributed by atoms with Crippen LogP contribution >= 0.6 is 27.7 Å². The molecule has 2 N–H and O–H groups in total. The number of hydrogen-bond donors (Lipinski definition) is 2. The Bertz CT molecular complexity index is 451. The van der Waals surface area contributed by atoms with Crippen LogP contribution in [0.1, 0.15) is 13.8 Å². The fraction of sp³-hybridized carbons (Fsp3) is 0.417. The lowest BCUT2D eigenvalue weighted by atomic mass is 10.1. The molecule has 0 aromatic carbocycles. The molecular weight excluding hydrogens is 332 g/mol. The van der Waals surface area contributed by atoms with Crippen LogP contribution in [0.15, 0.2) is 22.8 Å². The Kier molecular flexibility index (Phi) is 6.30. The minimum absolute atomic E-state index is 0.0268. The second kappa shape index (κ2) is 7.49. The van der Waals surface area contributed by atoms with Gasteiger partial charge in [0, 0.05) is 10.7 Å². The first-order valence-electron chi connectivity index (χ1n) is 5.66. The molecule has 19 heavy (non-hydrogen) atoms. The molecule has 0 radical (unpaired) electrons. The summed E-state index contributed by atoms with van der Waals surface area (Å²) >= 11 is 4.37. The Labute approximate surface area is 124 Å². The smallest absolute Gasteiger partial charge is 0.316 e. The largest absolute Gasteiger partial charge is 0.480 e. The Morgan fingerprint density at radius 1 is 1.47 bits per heavy atom. The molecule has 1 rings (SSSR count). The van der Waals surface area contributed by atoms with E-state index >= 15 is 0 Å². The van der Waals surface area contributed by atoms with Crippen molar-refractivity contribution in [3.8, 4) is 0 Å². The van der Waals surface area contributed by atoms with Crippen LogP contribution in [0.25, 0.3) is 0 Å². The zero-order chi connectivity index (χ0) is 14.4. The first kappa shape index (κ1) is 16.0. The molecule has 1 unspecified atom stereocenters. The molecule has 0 bridgehead atoms. The summed E-state index contributed by atoms with van der Waals surface area (Å²) in [6, 6.07) is 3.44. The molecule has 0 saturated carbocycles. The zero-order valence-electron chi connectivity index (χ0n) is 10.6. The average molecular weight is 347 g/mol. The van der Waals surface area contributed by atoms with E-state index < -0.39 is 11.2 Å². The van der Waals surface area contributed by atoms with Crippen molar-refractivity contribution in [2.24, 2.45) is 5.92 Å². The van der Waals surface area contributed by atoms with Crippen molar-refractivity contribution in [2.45, 2.75) is 19.1 Å². The number of carbonyl (C=O) groups is 2. The number of hydrogen-bond acceptors (Lipinski definition) is 4. The first-order valence-corrected chi connectivity index (χ1v) is 7.50. The Morgan fingerprint density at radius 3 is 2.63 bits per heavy atom. The van der Waals surface area contributed by atoms with E-state index in [0.717, 1.165) is 16.2 Å². The van der Waals surface area contributed by atoms with Crippen LogP contribution in [0.3, 0.4) is 0 Å². The summed E-state index contributed by atoms with van der Waals surface area (Å²) in [6.45, 7) is 3.64. The standard InChI is InChI=1S/C12H15BrN2O3S/c1-7(2)11(12(17)18)19-6-10(16)15-9-4-3-8(13)5-14-9/h3-5,7,11H,6H2,1-2H3,(H,17,18)(H,14,15,16). The molecule has 1 atom stereocenters. The lowest BCUT2D eigenvalue weighted by Gasteiger charge is -2.15. The molecule has 1 aromatic heterocycles. The maximum Gasteiger partial charge on any atom is 0.316 e. The van der Waals surface area contributed by atoms with Gasteiger partial charge >= 0.3 is 5.97 Å². The van der Waals surface area contributed by atoms with Crippen LogP contribution in [-0.4, -0.2) is 33.0 Å². The molecule has 1 aromatic rings. The van der Waals surface area contributed by atoms with Gasteiger partial charge in [-0.3, -0.25) is 9.59 Å². The first-order chi connectivity index (χ1) is 8.90. The van der Waals surface area contributed by atoms with Crippen molar-refractivity contribution in [1.29, 1.82) is 0 Å². The maximum atomic E-state index is 11.7. The lowest BCUT2D eigenvalue weighted by Crippen LogP contribution is -2.25. The summed E-state index contributed by atoms with van der Waals surface area (Å²) in [4.78, 5) is 26.7. The van der Waals surface area contributed by atoms with E-state index in [1.807, 2.05) is 13.8 Å². The van der Waals surface area contributed by atoms with Crippen molar-refractivity contribution < 1.29 is 14.7 Å². The highest BCUT2D eigenvalue weighted by Gasteiger charge is 2.22. The van der Waals surface area contributed by atoms with Crippen LogP contribution in [-0.2, 0) is 9.59 Å². The summed E-state index contributed by atoms with van der Waals surface area (Å²) < 4.78 is 0.825. The molecule has 1 amide bonds. The van der Waals surface area contributed by atoms with Crippen LogP contribution < -0.4 is 5.32 Å². The van der Waals surface area contributed by atoms with Crippen molar-refractivity contribution in [2.75, 3.05) is 11.1 Å². The van der Waals surface area contributed by atoms with Gasteiger partial charge in [0.05, 0.1) is 5.75 Å². The van der Waals surface area contributed by atoms with Gasteiger partial charge in [-0.1, -0.05) is 13.8 Å². The quantitative estimate of drug-likeness (QED) is 0.827. The molecule has 7 heteroatoms. The zero-order valence-corrected chi connectivity index (χ0v) is 13.0. The molecule has 0 spiro atoms. The minimum Gasteiger partial charge on any atom is -0.480 e. The van der Waals surface area contributed by atoms with Gasteiger partial charge in [0.1, 0.15) is 11.1 Å². The van der Waals surface area contributed by atoms with Gasteiger partial charge in [0.25, 0.3) is 0 Å². The minimum atomic E-state index is -0.894. The number of nitrogens with one attached hydrogen (secondary N) is 1.